The van der Waals surface area contributed by atoms with Gasteiger partial charge in [-0.1, -0.05) is 65.9 Å². The van der Waals surface area contributed by atoms with Crippen molar-refractivity contribution in [1.82, 2.24) is 4.90 Å². The lowest BCUT2D eigenvalue weighted by atomic mass is 10.1. The van der Waals surface area contributed by atoms with Crippen LogP contribution in [0, 0.1) is 6.92 Å². The van der Waals surface area contributed by atoms with Gasteiger partial charge < -0.3 is 4.74 Å². The van der Waals surface area contributed by atoms with Crippen molar-refractivity contribution in [3.8, 4) is 5.75 Å². The van der Waals surface area contributed by atoms with Crippen molar-refractivity contribution in [2.75, 3.05) is 12.3 Å². The highest BCUT2D eigenvalue weighted by atomic mass is 32.2. The Balaban J connectivity index is 1.62. The molecule has 1 fully saturated rings. The van der Waals surface area contributed by atoms with Gasteiger partial charge in [0, 0.05) is 6.54 Å². The number of aryl methyl sites for hydroxylation is 1. The summed E-state index contributed by atoms with van der Waals surface area (Å²) in [4.78, 5) is 14.0. The van der Waals surface area contributed by atoms with Crippen LogP contribution in [-0.4, -0.2) is 40.4 Å². The standard InChI is InChI=1S/C20H19NO5S3/c1-14-2-4-16(5-3-14)13-26-17-8-6-15(7-9-17)12-18-19(22)21(20(27)28-18)10-11-29(23,24)25/h2-9,12H,10-11,13H2,1H3,(H,23,24,25)/b18-12-. The van der Waals surface area contributed by atoms with Gasteiger partial charge in [0.1, 0.15) is 16.7 Å². The number of thioether (sulfide) groups is 1. The average Bonchev–Trinajstić information content (AvgIpc) is 2.93. The Hall–Kier alpha value is -2.20. The van der Waals surface area contributed by atoms with E-state index in [0.717, 1.165) is 22.9 Å². The largest absolute Gasteiger partial charge is 0.489 e. The highest BCUT2D eigenvalue weighted by molar-refractivity contribution is 8.26. The van der Waals surface area contributed by atoms with Crippen LogP contribution in [0.3, 0.4) is 0 Å². The molecule has 1 amide bonds. The maximum absolute atomic E-state index is 12.4. The van der Waals surface area contributed by atoms with Crippen molar-refractivity contribution in [3.63, 3.8) is 0 Å². The molecule has 1 heterocycles. The third-order valence-electron chi connectivity index (χ3n) is 4.15. The van der Waals surface area contributed by atoms with E-state index in [1.165, 1.54) is 10.5 Å². The number of benzene rings is 2. The Morgan fingerprint density at radius 3 is 2.41 bits per heavy atom. The number of carbonyl (C=O) groups excluding carboxylic acids is 1. The molecule has 0 atom stereocenters. The zero-order valence-corrected chi connectivity index (χ0v) is 18.0. The van der Waals surface area contributed by atoms with Crippen LogP contribution in [0.5, 0.6) is 5.75 Å². The molecule has 6 nitrogen and oxygen atoms in total. The summed E-state index contributed by atoms with van der Waals surface area (Å²) in [7, 11) is -4.16. The van der Waals surface area contributed by atoms with E-state index in [9.17, 15) is 13.2 Å². The first kappa shape index (κ1) is 21.5. The van der Waals surface area contributed by atoms with E-state index in [0.29, 0.717) is 17.3 Å². The zero-order valence-electron chi connectivity index (χ0n) is 15.6. The summed E-state index contributed by atoms with van der Waals surface area (Å²) in [5.74, 6) is -0.216. The van der Waals surface area contributed by atoms with E-state index < -0.39 is 15.9 Å². The van der Waals surface area contributed by atoms with Gasteiger partial charge in [-0.3, -0.25) is 14.2 Å². The number of amides is 1. The molecule has 0 saturated carbocycles. The molecule has 2 aromatic rings. The predicted molar refractivity (Wildman–Crippen MR) is 118 cm³/mol. The molecule has 3 rings (SSSR count). The van der Waals surface area contributed by atoms with Crippen LogP contribution < -0.4 is 4.74 Å². The van der Waals surface area contributed by atoms with Gasteiger partial charge in [0.2, 0.25) is 0 Å². The van der Waals surface area contributed by atoms with Gasteiger partial charge in [-0.25, -0.2) is 0 Å². The highest BCUT2D eigenvalue weighted by Crippen LogP contribution is 2.32. The molecule has 2 aromatic carbocycles. The molecule has 0 spiro atoms. The lowest BCUT2D eigenvalue weighted by Crippen LogP contribution is -2.32. The molecule has 1 saturated heterocycles. The van der Waals surface area contributed by atoms with E-state index in [4.69, 9.17) is 21.5 Å². The molecule has 9 heteroatoms. The van der Waals surface area contributed by atoms with Crippen molar-refractivity contribution >= 4 is 50.4 Å². The summed E-state index contributed by atoms with van der Waals surface area (Å²) in [5, 5.41) is 0. The minimum absolute atomic E-state index is 0.174. The molecule has 0 radical (unpaired) electrons. The summed E-state index contributed by atoms with van der Waals surface area (Å²) in [6.45, 7) is 2.32. The maximum atomic E-state index is 12.4. The summed E-state index contributed by atoms with van der Waals surface area (Å²) < 4.78 is 36.7. The minimum Gasteiger partial charge on any atom is -0.489 e. The first-order chi connectivity index (χ1) is 13.7. The summed E-state index contributed by atoms with van der Waals surface area (Å²) in [5.41, 5.74) is 3.07. The van der Waals surface area contributed by atoms with Crippen molar-refractivity contribution in [2.45, 2.75) is 13.5 Å². The van der Waals surface area contributed by atoms with Gasteiger partial charge in [-0.2, -0.15) is 8.42 Å². The number of ether oxygens (including phenoxy) is 1. The Kier molecular flexibility index (Phi) is 6.74. The van der Waals surface area contributed by atoms with Crippen molar-refractivity contribution in [2.24, 2.45) is 0 Å². The Bertz CT molecular complexity index is 1040. The zero-order chi connectivity index (χ0) is 21.0. The predicted octanol–water partition coefficient (Wildman–Crippen LogP) is 3.66. The Morgan fingerprint density at radius 1 is 1.14 bits per heavy atom. The number of thiocarbonyl (C=S) groups is 1. The molecule has 152 valence electrons. The van der Waals surface area contributed by atoms with E-state index in [-0.39, 0.29) is 16.8 Å². The van der Waals surface area contributed by atoms with Gasteiger partial charge >= 0.3 is 0 Å². The fourth-order valence-corrected chi connectivity index (χ4v) is 4.28. The van der Waals surface area contributed by atoms with Crippen LogP contribution in [0.25, 0.3) is 6.08 Å². The maximum Gasteiger partial charge on any atom is 0.266 e. The number of hydrogen-bond acceptors (Lipinski definition) is 6. The molecule has 1 aliphatic rings. The van der Waals surface area contributed by atoms with Gasteiger partial charge in [0.25, 0.3) is 16.0 Å². The molecule has 0 unspecified atom stereocenters. The minimum atomic E-state index is -4.16. The summed E-state index contributed by atoms with van der Waals surface area (Å²) >= 11 is 6.24. The molecule has 0 aromatic heterocycles. The smallest absolute Gasteiger partial charge is 0.266 e. The van der Waals surface area contributed by atoms with Crippen LogP contribution in [0.1, 0.15) is 16.7 Å². The summed E-state index contributed by atoms with van der Waals surface area (Å²) in [6.07, 6.45) is 1.69. The highest BCUT2D eigenvalue weighted by Gasteiger charge is 2.32. The molecular formula is C20H19NO5S3. The van der Waals surface area contributed by atoms with Crippen LogP contribution in [-0.2, 0) is 21.5 Å². The molecule has 0 bridgehead atoms. The van der Waals surface area contributed by atoms with Crippen molar-refractivity contribution < 1.29 is 22.5 Å². The van der Waals surface area contributed by atoms with Crippen LogP contribution in [0.2, 0.25) is 0 Å². The average molecular weight is 450 g/mol. The van der Waals surface area contributed by atoms with E-state index in [1.807, 2.05) is 55.5 Å². The van der Waals surface area contributed by atoms with Crippen LogP contribution >= 0.6 is 24.0 Å². The molecule has 0 aliphatic carbocycles. The van der Waals surface area contributed by atoms with Crippen molar-refractivity contribution in [3.05, 3.63) is 70.1 Å². The normalized spacial score (nSPS) is 15.9. The Labute approximate surface area is 179 Å². The van der Waals surface area contributed by atoms with Gasteiger partial charge in [0.05, 0.1) is 10.7 Å². The Morgan fingerprint density at radius 2 is 1.79 bits per heavy atom. The van der Waals surface area contributed by atoms with Gasteiger partial charge in [0.15, 0.2) is 0 Å². The second-order valence-electron chi connectivity index (χ2n) is 6.46. The third kappa shape index (κ3) is 6.14. The lowest BCUT2D eigenvalue weighted by molar-refractivity contribution is -0.121. The number of rotatable bonds is 7. The number of nitrogens with zero attached hydrogens (tertiary/aromatic N) is 1. The summed E-state index contributed by atoms with van der Waals surface area (Å²) in [6, 6.07) is 15.4. The molecular weight excluding hydrogens is 430 g/mol. The monoisotopic (exact) mass is 449 g/mol. The first-order valence-electron chi connectivity index (χ1n) is 8.70. The second-order valence-corrected chi connectivity index (χ2v) is 9.71. The number of hydrogen-bond donors (Lipinski definition) is 1. The van der Waals surface area contributed by atoms with Gasteiger partial charge in [-0.05, 0) is 36.3 Å². The van der Waals surface area contributed by atoms with E-state index >= 15 is 0 Å². The molecule has 1 aliphatic heterocycles. The molecule has 29 heavy (non-hydrogen) atoms. The SMILES string of the molecule is Cc1ccc(COc2ccc(/C=C3\SC(=S)N(CCS(=O)(=O)O)C3=O)cc2)cc1. The fourth-order valence-electron chi connectivity index (χ4n) is 2.56. The van der Waals surface area contributed by atoms with Crippen LogP contribution in [0.4, 0.5) is 0 Å². The van der Waals surface area contributed by atoms with E-state index in [2.05, 4.69) is 0 Å². The van der Waals surface area contributed by atoms with E-state index in [1.54, 1.807) is 6.08 Å². The first-order valence-corrected chi connectivity index (χ1v) is 11.5. The van der Waals surface area contributed by atoms with Crippen molar-refractivity contribution in [1.29, 1.82) is 0 Å². The third-order valence-corrected chi connectivity index (χ3v) is 6.23. The lowest BCUT2D eigenvalue weighted by Gasteiger charge is -2.12. The van der Waals surface area contributed by atoms with Gasteiger partial charge in [-0.15, -0.1) is 0 Å². The van der Waals surface area contributed by atoms with Crippen LogP contribution in [0.15, 0.2) is 53.4 Å². The molecule has 1 N–H and O–H groups in total. The number of carbonyl (C=O) groups is 1. The fraction of sp³-hybridized carbons (Fsp3) is 0.200. The topological polar surface area (TPSA) is 83.9 Å². The second kappa shape index (κ2) is 9.08. The quantitative estimate of drug-likeness (QED) is 0.392.